The smallest absolute Gasteiger partial charge is 0.120 e. The summed E-state index contributed by atoms with van der Waals surface area (Å²) in [6, 6.07) is 8.13. The summed E-state index contributed by atoms with van der Waals surface area (Å²) in [5.41, 5.74) is 6.80. The van der Waals surface area contributed by atoms with Gasteiger partial charge in [0, 0.05) is 38.6 Å². The molecular formula is C16H28N2O3. The molecule has 1 rings (SSSR count). The fourth-order valence-corrected chi connectivity index (χ4v) is 2.06. The number of methoxy groups -OCH3 is 2. The molecule has 5 heteroatoms. The predicted molar refractivity (Wildman–Crippen MR) is 86.2 cm³/mol. The number of anilines is 1. The highest BCUT2D eigenvalue weighted by molar-refractivity contribution is 5.50. The molecule has 1 aromatic carbocycles. The van der Waals surface area contributed by atoms with E-state index in [4.69, 9.17) is 19.9 Å². The van der Waals surface area contributed by atoms with Crippen LogP contribution < -0.4 is 15.4 Å². The van der Waals surface area contributed by atoms with Crippen molar-refractivity contribution in [3.8, 4) is 5.75 Å². The van der Waals surface area contributed by atoms with Gasteiger partial charge < -0.3 is 24.8 Å². The van der Waals surface area contributed by atoms with Gasteiger partial charge in [0.05, 0.1) is 20.3 Å². The molecule has 0 amide bonds. The van der Waals surface area contributed by atoms with E-state index < -0.39 is 0 Å². The molecule has 0 aliphatic carbocycles. The number of nitrogens with zero attached hydrogens (tertiary/aromatic N) is 1. The number of hydrogen-bond donors (Lipinski definition) is 1. The summed E-state index contributed by atoms with van der Waals surface area (Å²) >= 11 is 0. The molecule has 0 heterocycles. The zero-order valence-electron chi connectivity index (χ0n) is 13.2. The maximum absolute atomic E-state index is 5.63. The molecule has 0 atom stereocenters. The lowest BCUT2D eigenvalue weighted by Crippen LogP contribution is -2.28. The van der Waals surface area contributed by atoms with E-state index in [1.807, 2.05) is 12.1 Å². The molecule has 0 bridgehead atoms. The Morgan fingerprint density at radius 2 is 1.86 bits per heavy atom. The van der Waals surface area contributed by atoms with Gasteiger partial charge in [-0.1, -0.05) is 6.07 Å². The SMILES string of the molecule is COCCOCCCN(CCCN)c1cccc(OC)c1. The van der Waals surface area contributed by atoms with Crippen LogP contribution in [0.2, 0.25) is 0 Å². The Hall–Kier alpha value is -1.30. The maximum atomic E-state index is 5.63. The summed E-state index contributed by atoms with van der Waals surface area (Å²) in [6.45, 7) is 4.63. The zero-order chi connectivity index (χ0) is 15.3. The van der Waals surface area contributed by atoms with E-state index in [1.54, 1.807) is 14.2 Å². The zero-order valence-corrected chi connectivity index (χ0v) is 13.2. The molecule has 120 valence electrons. The first kappa shape index (κ1) is 17.8. The monoisotopic (exact) mass is 296 g/mol. The molecule has 0 spiro atoms. The van der Waals surface area contributed by atoms with Gasteiger partial charge in [-0.2, -0.15) is 0 Å². The van der Waals surface area contributed by atoms with Gasteiger partial charge in [-0.15, -0.1) is 0 Å². The van der Waals surface area contributed by atoms with Crippen molar-refractivity contribution >= 4 is 5.69 Å². The second kappa shape index (κ2) is 11.4. The van der Waals surface area contributed by atoms with Crippen molar-refractivity contribution in [3.63, 3.8) is 0 Å². The number of benzene rings is 1. The highest BCUT2D eigenvalue weighted by atomic mass is 16.5. The third kappa shape index (κ3) is 7.32. The summed E-state index contributed by atoms with van der Waals surface area (Å²) in [5.74, 6) is 0.876. The molecule has 0 aliphatic rings. The highest BCUT2D eigenvalue weighted by Crippen LogP contribution is 2.21. The number of nitrogens with two attached hydrogens (primary N) is 1. The molecule has 0 radical (unpaired) electrons. The van der Waals surface area contributed by atoms with Crippen LogP contribution in [-0.4, -0.2) is 53.7 Å². The second-order valence-electron chi connectivity index (χ2n) is 4.79. The Kier molecular flexibility index (Phi) is 9.61. The van der Waals surface area contributed by atoms with Gasteiger partial charge in [-0.05, 0) is 31.5 Å². The van der Waals surface area contributed by atoms with Gasteiger partial charge in [0.2, 0.25) is 0 Å². The van der Waals surface area contributed by atoms with Gasteiger partial charge in [-0.3, -0.25) is 0 Å². The van der Waals surface area contributed by atoms with Crippen LogP contribution in [0.1, 0.15) is 12.8 Å². The Morgan fingerprint density at radius 1 is 1.05 bits per heavy atom. The normalized spacial score (nSPS) is 10.6. The van der Waals surface area contributed by atoms with E-state index in [0.717, 1.165) is 38.3 Å². The number of rotatable bonds is 12. The van der Waals surface area contributed by atoms with E-state index in [0.29, 0.717) is 19.8 Å². The largest absolute Gasteiger partial charge is 0.497 e. The summed E-state index contributed by atoms with van der Waals surface area (Å²) < 4.78 is 15.8. The van der Waals surface area contributed by atoms with Gasteiger partial charge >= 0.3 is 0 Å². The van der Waals surface area contributed by atoms with Crippen LogP contribution in [0.15, 0.2) is 24.3 Å². The third-order valence-electron chi connectivity index (χ3n) is 3.20. The van der Waals surface area contributed by atoms with Gasteiger partial charge in [0.1, 0.15) is 5.75 Å². The molecule has 0 saturated carbocycles. The lowest BCUT2D eigenvalue weighted by atomic mass is 10.2. The quantitative estimate of drug-likeness (QED) is 0.597. The molecule has 21 heavy (non-hydrogen) atoms. The predicted octanol–water partition coefficient (Wildman–Crippen LogP) is 1.90. The van der Waals surface area contributed by atoms with Crippen LogP contribution in [0.4, 0.5) is 5.69 Å². The van der Waals surface area contributed by atoms with E-state index in [9.17, 15) is 0 Å². The minimum atomic E-state index is 0.646. The minimum Gasteiger partial charge on any atom is -0.497 e. The van der Waals surface area contributed by atoms with Crippen LogP contribution in [0, 0.1) is 0 Å². The first-order valence-electron chi connectivity index (χ1n) is 7.47. The maximum Gasteiger partial charge on any atom is 0.120 e. The van der Waals surface area contributed by atoms with Gasteiger partial charge in [0.25, 0.3) is 0 Å². The molecule has 5 nitrogen and oxygen atoms in total. The summed E-state index contributed by atoms with van der Waals surface area (Å²) in [7, 11) is 3.37. The summed E-state index contributed by atoms with van der Waals surface area (Å²) in [5, 5.41) is 0. The standard InChI is InChI=1S/C16H28N2O3/c1-19-12-13-21-11-5-10-18(9-4-8-17)15-6-3-7-16(14-15)20-2/h3,6-7,14H,4-5,8-13,17H2,1-2H3. The highest BCUT2D eigenvalue weighted by Gasteiger charge is 2.07. The van der Waals surface area contributed by atoms with Crippen molar-refractivity contribution < 1.29 is 14.2 Å². The van der Waals surface area contributed by atoms with Crippen molar-refractivity contribution in [1.82, 2.24) is 0 Å². The lowest BCUT2D eigenvalue weighted by Gasteiger charge is -2.25. The van der Waals surface area contributed by atoms with Crippen molar-refractivity contribution in [1.29, 1.82) is 0 Å². The van der Waals surface area contributed by atoms with Gasteiger partial charge in [0.15, 0.2) is 0 Å². The van der Waals surface area contributed by atoms with Crippen molar-refractivity contribution in [2.45, 2.75) is 12.8 Å². The number of ether oxygens (including phenoxy) is 3. The van der Waals surface area contributed by atoms with E-state index in [1.165, 1.54) is 5.69 Å². The Bertz CT molecular complexity index is 374. The topological polar surface area (TPSA) is 57.0 Å². The Morgan fingerprint density at radius 3 is 2.57 bits per heavy atom. The van der Waals surface area contributed by atoms with E-state index >= 15 is 0 Å². The van der Waals surface area contributed by atoms with Crippen molar-refractivity contribution in [2.24, 2.45) is 5.73 Å². The van der Waals surface area contributed by atoms with Crippen LogP contribution >= 0.6 is 0 Å². The number of hydrogen-bond acceptors (Lipinski definition) is 5. The van der Waals surface area contributed by atoms with Crippen LogP contribution in [-0.2, 0) is 9.47 Å². The average molecular weight is 296 g/mol. The molecule has 0 aromatic heterocycles. The summed E-state index contributed by atoms with van der Waals surface area (Å²) in [6.07, 6.45) is 1.95. The second-order valence-corrected chi connectivity index (χ2v) is 4.79. The minimum absolute atomic E-state index is 0.646. The molecule has 1 aromatic rings. The van der Waals surface area contributed by atoms with Crippen LogP contribution in [0.25, 0.3) is 0 Å². The third-order valence-corrected chi connectivity index (χ3v) is 3.20. The lowest BCUT2D eigenvalue weighted by molar-refractivity contribution is 0.0700. The Labute approximate surface area is 128 Å². The van der Waals surface area contributed by atoms with Crippen molar-refractivity contribution in [2.75, 3.05) is 58.6 Å². The van der Waals surface area contributed by atoms with E-state index in [2.05, 4.69) is 17.0 Å². The average Bonchev–Trinajstić information content (AvgIpc) is 2.53. The molecular weight excluding hydrogens is 268 g/mol. The van der Waals surface area contributed by atoms with Crippen molar-refractivity contribution in [3.05, 3.63) is 24.3 Å². The van der Waals surface area contributed by atoms with Crippen LogP contribution in [0.3, 0.4) is 0 Å². The molecule has 0 fully saturated rings. The molecule has 0 aliphatic heterocycles. The fourth-order valence-electron chi connectivity index (χ4n) is 2.06. The fraction of sp³-hybridized carbons (Fsp3) is 0.625. The first-order valence-corrected chi connectivity index (χ1v) is 7.47. The summed E-state index contributed by atoms with van der Waals surface area (Å²) in [4.78, 5) is 2.33. The van der Waals surface area contributed by atoms with Gasteiger partial charge in [-0.25, -0.2) is 0 Å². The molecule has 2 N–H and O–H groups in total. The van der Waals surface area contributed by atoms with E-state index in [-0.39, 0.29) is 0 Å². The van der Waals surface area contributed by atoms with Crippen LogP contribution in [0.5, 0.6) is 5.75 Å². The Balaban J connectivity index is 2.46. The molecule has 0 unspecified atom stereocenters. The molecule has 0 saturated heterocycles. The first-order chi connectivity index (χ1) is 10.3.